The van der Waals surface area contributed by atoms with Crippen LogP contribution in [0.25, 0.3) is 10.2 Å². The van der Waals surface area contributed by atoms with Crippen molar-refractivity contribution in [2.45, 2.75) is 32.4 Å². The fourth-order valence-corrected chi connectivity index (χ4v) is 5.58. The van der Waals surface area contributed by atoms with Gasteiger partial charge in [0.15, 0.2) is 0 Å². The maximum Gasteiger partial charge on any atom is 0.270 e. The third-order valence-corrected chi connectivity index (χ3v) is 7.66. The van der Waals surface area contributed by atoms with Gasteiger partial charge in [-0.15, -0.1) is 11.3 Å². The Labute approximate surface area is 208 Å². The lowest BCUT2D eigenvalue weighted by atomic mass is 9.95. The second kappa shape index (κ2) is 10.0. The number of hydrogen-bond donors (Lipinski definition) is 1. The molecule has 2 amide bonds. The van der Waals surface area contributed by atoms with Crippen molar-refractivity contribution in [1.29, 1.82) is 0 Å². The van der Waals surface area contributed by atoms with Gasteiger partial charge in [-0.05, 0) is 60.5 Å². The van der Waals surface area contributed by atoms with E-state index in [1.165, 1.54) is 12.1 Å². The van der Waals surface area contributed by atoms with Crippen molar-refractivity contribution in [2.24, 2.45) is 5.92 Å². The van der Waals surface area contributed by atoms with Gasteiger partial charge in [-0.3, -0.25) is 9.59 Å². The summed E-state index contributed by atoms with van der Waals surface area (Å²) in [6.45, 7) is 3.59. The van der Waals surface area contributed by atoms with Crippen LogP contribution in [0.15, 0.2) is 72.1 Å². The first-order chi connectivity index (χ1) is 17.0. The van der Waals surface area contributed by atoms with E-state index in [9.17, 15) is 14.0 Å². The monoisotopic (exact) mass is 489 g/mol. The molecule has 5 nitrogen and oxygen atoms in total. The first kappa shape index (κ1) is 23.3. The van der Waals surface area contributed by atoms with Crippen molar-refractivity contribution >= 4 is 33.4 Å². The van der Waals surface area contributed by atoms with Crippen LogP contribution in [0.4, 0.5) is 4.39 Å². The number of benzene rings is 2. The van der Waals surface area contributed by atoms with Crippen LogP contribution in [0.3, 0.4) is 0 Å². The van der Waals surface area contributed by atoms with Crippen molar-refractivity contribution in [1.82, 2.24) is 14.8 Å². The van der Waals surface area contributed by atoms with E-state index < -0.39 is 0 Å². The molecule has 0 bridgehead atoms. The molecule has 1 aliphatic rings. The Bertz CT molecular complexity index is 1320. The predicted octanol–water partition coefficient (Wildman–Crippen LogP) is 5.62. The molecule has 1 unspecified atom stereocenters. The summed E-state index contributed by atoms with van der Waals surface area (Å²) in [6, 6.07) is 20.2. The molecule has 1 atom stereocenters. The summed E-state index contributed by atoms with van der Waals surface area (Å²) in [5.74, 6) is -0.344. The van der Waals surface area contributed by atoms with E-state index >= 15 is 0 Å². The highest BCUT2D eigenvalue weighted by Gasteiger charge is 2.30. The molecule has 0 aliphatic carbocycles. The first-order valence-corrected chi connectivity index (χ1v) is 12.8. The van der Waals surface area contributed by atoms with E-state index in [1.807, 2.05) is 64.2 Å². The van der Waals surface area contributed by atoms with Gasteiger partial charge in [0.1, 0.15) is 11.5 Å². The molecule has 3 heterocycles. The highest BCUT2D eigenvalue weighted by molar-refractivity contribution is 7.17. The van der Waals surface area contributed by atoms with Crippen LogP contribution in [-0.2, 0) is 11.3 Å². The summed E-state index contributed by atoms with van der Waals surface area (Å²) in [6.07, 6.45) is 1.29. The topological polar surface area (TPSA) is 54.3 Å². The Morgan fingerprint density at radius 1 is 1.06 bits per heavy atom. The Morgan fingerprint density at radius 2 is 1.77 bits per heavy atom. The second-order valence-corrected chi connectivity index (χ2v) is 10.1. The molecule has 1 saturated heterocycles. The van der Waals surface area contributed by atoms with E-state index in [1.54, 1.807) is 23.5 Å². The van der Waals surface area contributed by atoms with Gasteiger partial charge in [0.05, 0.1) is 16.3 Å². The average molecular weight is 490 g/mol. The van der Waals surface area contributed by atoms with Gasteiger partial charge in [0.25, 0.3) is 5.91 Å². The molecular formula is C28H28FN3O2S. The zero-order chi connectivity index (χ0) is 24.4. The third-order valence-electron chi connectivity index (χ3n) is 6.81. The van der Waals surface area contributed by atoms with Gasteiger partial charge >= 0.3 is 0 Å². The number of carbonyl (C=O) groups excluding carboxylic acids is 2. The first-order valence-electron chi connectivity index (χ1n) is 12.0. The summed E-state index contributed by atoms with van der Waals surface area (Å²) in [5, 5.41) is 5.14. The Kier molecular flexibility index (Phi) is 6.68. The van der Waals surface area contributed by atoms with Crippen molar-refractivity contribution < 1.29 is 14.0 Å². The third kappa shape index (κ3) is 5.00. The molecule has 0 radical (unpaired) electrons. The molecule has 2 aromatic heterocycles. The molecule has 180 valence electrons. The van der Waals surface area contributed by atoms with Crippen molar-refractivity contribution in [3.05, 3.63) is 94.7 Å². The number of halogens is 1. The molecule has 35 heavy (non-hydrogen) atoms. The highest BCUT2D eigenvalue weighted by Crippen LogP contribution is 2.28. The summed E-state index contributed by atoms with van der Waals surface area (Å²) >= 11 is 1.60. The van der Waals surface area contributed by atoms with Gasteiger partial charge in [0, 0.05) is 25.6 Å². The zero-order valence-electron chi connectivity index (χ0n) is 19.6. The minimum atomic E-state index is -0.275. The average Bonchev–Trinajstić information content (AvgIpc) is 3.48. The van der Waals surface area contributed by atoms with Gasteiger partial charge in [-0.2, -0.15) is 0 Å². The number of nitrogens with zero attached hydrogens (tertiary/aromatic N) is 2. The minimum absolute atomic E-state index is 0.0213. The van der Waals surface area contributed by atoms with Gasteiger partial charge < -0.3 is 14.8 Å². The summed E-state index contributed by atoms with van der Waals surface area (Å²) in [4.78, 5) is 28.2. The van der Waals surface area contributed by atoms with E-state index in [0.29, 0.717) is 38.2 Å². The minimum Gasteiger partial charge on any atom is -0.349 e. The molecule has 0 saturated carbocycles. The van der Waals surface area contributed by atoms with Gasteiger partial charge in [0.2, 0.25) is 5.91 Å². The predicted molar refractivity (Wildman–Crippen MR) is 137 cm³/mol. The molecule has 1 N–H and O–H groups in total. The Balaban J connectivity index is 1.25. The number of hydrogen-bond acceptors (Lipinski definition) is 3. The number of nitrogens with one attached hydrogen (secondary N) is 1. The normalized spacial score (nSPS) is 15.3. The fraction of sp³-hybridized carbons (Fsp3) is 0.286. The molecular weight excluding hydrogens is 461 g/mol. The SMILES string of the molecule is CC(NC(=O)C1CCN(C(=O)c2cc3sccc3n2Cc2ccc(F)cc2)CC1)c1ccccc1. The Morgan fingerprint density at radius 3 is 2.49 bits per heavy atom. The van der Waals surface area contributed by atoms with Crippen LogP contribution in [-0.4, -0.2) is 34.4 Å². The quantitative estimate of drug-likeness (QED) is 0.382. The van der Waals surface area contributed by atoms with E-state index in [0.717, 1.165) is 21.3 Å². The zero-order valence-corrected chi connectivity index (χ0v) is 20.4. The smallest absolute Gasteiger partial charge is 0.270 e. The number of amides is 2. The number of thiophene rings is 1. The van der Waals surface area contributed by atoms with Crippen LogP contribution < -0.4 is 5.32 Å². The molecule has 2 aromatic carbocycles. The number of aromatic nitrogens is 1. The number of carbonyl (C=O) groups is 2. The molecule has 1 fully saturated rings. The van der Waals surface area contributed by atoms with Crippen LogP contribution in [0, 0.1) is 11.7 Å². The molecule has 5 rings (SSSR count). The largest absolute Gasteiger partial charge is 0.349 e. The second-order valence-electron chi connectivity index (χ2n) is 9.12. The molecule has 1 aliphatic heterocycles. The lowest BCUT2D eigenvalue weighted by Gasteiger charge is -2.32. The summed E-state index contributed by atoms with van der Waals surface area (Å²) in [7, 11) is 0. The lowest BCUT2D eigenvalue weighted by molar-refractivity contribution is -0.127. The van der Waals surface area contributed by atoms with Crippen LogP contribution in [0.2, 0.25) is 0 Å². The van der Waals surface area contributed by atoms with Crippen molar-refractivity contribution in [3.8, 4) is 0 Å². The molecule has 7 heteroatoms. The molecule has 4 aromatic rings. The summed E-state index contributed by atoms with van der Waals surface area (Å²) < 4.78 is 16.4. The van der Waals surface area contributed by atoms with E-state index in [4.69, 9.17) is 0 Å². The maximum atomic E-state index is 13.5. The number of likely N-dealkylation sites (tertiary alicyclic amines) is 1. The molecule has 0 spiro atoms. The van der Waals surface area contributed by atoms with Crippen LogP contribution >= 0.6 is 11.3 Å². The maximum absolute atomic E-state index is 13.5. The van der Waals surface area contributed by atoms with Gasteiger partial charge in [-0.1, -0.05) is 42.5 Å². The number of rotatable bonds is 6. The van der Waals surface area contributed by atoms with Crippen LogP contribution in [0.1, 0.15) is 47.4 Å². The number of fused-ring (bicyclic) bond motifs is 1. The van der Waals surface area contributed by atoms with Crippen molar-refractivity contribution in [2.75, 3.05) is 13.1 Å². The van der Waals surface area contributed by atoms with Crippen LogP contribution in [0.5, 0.6) is 0 Å². The van der Waals surface area contributed by atoms with Gasteiger partial charge in [-0.25, -0.2) is 4.39 Å². The fourth-order valence-electron chi connectivity index (χ4n) is 4.76. The Hall–Kier alpha value is -3.45. The lowest BCUT2D eigenvalue weighted by Crippen LogP contribution is -2.43. The highest BCUT2D eigenvalue weighted by atomic mass is 32.1. The number of piperidine rings is 1. The standard InChI is InChI=1S/C28H28FN3O2S/c1-19(21-5-3-2-4-6-21)30-27(33)22-11-14-31(15-12-22)28(34)25-17-26-24(13-16-35-26)32(25)18-20-7-9-23(29)10-8-20/h2-10,13,16-17,19,22H,11-12,14-15,18H2,1H3,(H,30,33). The van der Waals surface area contributed by atoms with Crippen molar-refractivity contribution in [3.63, 3.8) is 0 Å². The van der Waals surface area contributed by atoms with E-state index in [2.05, 4.69) is 5.32 Å². The van der Waals surface area contributed by atoms with E-state index in [-0.39, 0.29) is 29.6 Å². The summed E-state index contributed by atoms with van der Waals surface area (Å²) in [5.41, 5.74) is 3.66.